The van der Waals surface area contributed by atoms with Gasteiger partial charge in [-0.2, -0.15) is 0 Å². The van der Waals surface area contributed by atoms with Gasteiger partial charge in [-0.05, 0) is 38.8 Å². The molecule has 2 nitrogen and oxygen atoms in total. The number of aliphatic hydroxyl groups is 1. The van der Waals surface area contributed by atoms with Crippen molar-refractivity contribution in [3.8, 4) is 0 Å². The molecule has 3 fully saturated rings. The lowest BCUT2D eigenvalue weighted by atomic mass is 9.77. The molecule has 3 heterocycles. The Morgan fingerprint density at radius 3 is 2.20 bits per heavy atom. The van der Waals surface area contributed by atoms with Gasteiger partial charge in [0.15, 0.2) is 0 Å². The molecule has 3 rings (SSSR count). The van der Waals surface area contributed by atoms with Crippen molar-refractivity contribution in [1.29, 1.82) is 0 Å². The summed E-state index contributed by atoms with van der Waals surface area (Å²) in [6, 6.07) is 0. The van der Waals surface area contributed by atoms with E-state index in [0.717, 1.165) is 6.54 Å². The Kier molecular flexibility index (Phi) is 1.29. The Morgan fingerprint density at radius 1 is 1.40 bits per heavy atom. The zero-order valence-electron chi connectivity index (χ0n) is 6.51. The number of nitrogens with zero attached hydrogens (tertiary/aromatic N) is 1. The van der Waals surface area contributed by atoms with E-state index in [9.17, 15) is 5.11 Å². The topological polar surface area (TPSA) is 23.5 Å². The molecule has 1 N–H and O–H groups in total. The fourth-order valence-electron chi connectivity index (χ4n) is 2.29. The smallest absolute Gasteiger partial charge is 0.0775 e. The van der Waals surface area contributed by atoms with Crippen LogP contribution >= 0.6 is 0 Å². The van der Waals surface area contributed by atoms with Gasteiger partial charge in [0.1, 0.15) is 0 Å². The first-order valence-corrected chi connectivity index (χ1v) is 4.13. The lowest BCUT2D eigenvalue weighted by Gasteiger charge is -2.48. The summed E-state index contributed by atoms with van der Waals surface area (Å²) in [7, 11) is 0. The van der Waals surface area contributed by atoms with Gasteiger partial charge in [0.2, 0.25) is 0 Å². The van der Waals surface area contributed by atoms with Gasteiger partial charge in [0.05, 0.1) is 5.60 Å². The summed E-state index contributed by atoms with van der Waals surface area (Å²) in [5.74, 6) is 0.581. The molecular weight excluding hydrogens is 126 g/mol. The molecule has 1 atom stereocenters. The average Bonchev–Trinajstić information content (AvgIpc) is 1.87. The third-order valence-electron chi connectivity index (χ3n) is 3.01. The van der Waals surface area contributed by atoms with Crippen LogP contribution in [0.15, 0.2) is 0 Å². The Balaban J connectivity index is 2.15. The summed E-state index contributed by atoms with van der Waals surface area (Å²) in [4.78, 5) is 2.36. The minimum atomic E-state index is -0.378. The number of hydrogen-bond donors (Lipinski definition) is 1. The molecule has 0 aromatic heterocycles. The van der Waals surface area contributed by atoms with Gasteiger partial charge in [0, 0.05) is 6.54 Å². The van der Waals surface area contributed by atoms with Crippen molar-refractivity contribution >= 4 is 0 Å². The van der Waals surface area contributed by atoms with Crippen molar-refractivity contribution < 1.29 is 5.11 Å². The molecule has 0 saturated carbocycles. The van der Waals surface area contributed by atoms with Crippen molar-refractivity contribution in [3.63, 3.8) is 0 Å². The van der Waals surface area contributed by atoms with Crippen LogP contribution in [0.2, 0.25) is 0 Å². The summed E-state index contributed by atoms with van der Waals surface area (Å²) in [6.45, 7) is 5.29. The van der Waals surface area contributed by atoms with Gasteiger partial charge in [-0.15, -0.1) is 0 Å². The molecule has 0 spiro atoms. The Hall–Kier alpha value is -0.0800. The highest BCUT2D eigenvalue weighted by atomic mass is 16.3. The minimum absolute atomic E-state index is 0.378. The Bertz CT molecular complexity index is 136. The van der Waals surface area contributed by atoms with E-state index in [2.05, 4.69) is 4.90 Å². The lowest BCUT2D eigenvalue weighted by Crippen LogP contribution is -2.57. The Labute approximate surface area is 61.8 Å². The molecule has 58 valence electrons. The van der Waals surface area contributed by atoms with E-state index < -0.39 is 0 Å². The van der Waals surface area contributed by atoms with Crippen LogP contribution in [0.5, 0.6) is 0 Å². The number of piperidine rings is 3. The van der Waals surface area contributed by atoms with Crippen LogP contribution in [-0.4, -0.2) is 35.2 Å². The van der Waals surface area contributed by atoms with Gasteiger partial charge in [-0.1, -0.05) is 0 Å². The minimum Gasteiger partial charge on any atom is -0.389 e. The third-order valence-corrected chi connectivity index (χ3v) is 3.01. The first-order valence-electron chi connectivity index (χ1n) is 4.13. The van der Waals surface area contributed by atoms with Crippen molar-refractivity contribution in [2.24, 2.45) is 5.92 Å². The molecule has 1 unspecified atom stereocenters. The van der Waals surface area contributed by atoms with Crippen molar-refractivity contribution in [2.45, 2.75) is 25.4 Å². The molecular formula is C8H15NO. The summed E-state index contributed by atoms with van der Waals surface area (Å²) < 4.78 is 0. The largest absolute Gasteiger partial charge is 0.389 e. The number of fused-ring (bicyclic) bond motifs is 3. The highest BCUT2D eigenvalue weighted by Crippen LogP contribution is 2.34. The van der Waals surface area contributed by atoms with Gasteiger partial charge in [-0.3, -0.25) is 0 Å². The van der Waals surface area contributed by atoms with E-state index >= 15 is 0 Å². The monoisotopic (exact) mass is 141 g/mol. The van der Waals surface area contributed by atoms with Crippen molar-refractivity contribution in [3.05, 3.63) is 0 Å². The molecule has 2 bridgehead atoms. The fraction of sp³-hybridized carbons (Fsp3) is 1.00. The first kappa shape index (κ1) is 6.62. The maximum Gasteiger partial charge on any atom is 0.0775 e. The normalized spacial score (nSPS) is 53.4. The second-order valence-electron chi connectivity index (χ2n) is 3.91. The van der Waals surface area contributed by atoms with Gasteiger partial charge >= 0.3 is 0 Å². The van der Waals surface area contributed by atoms with Crippen LogP contribution in [0.25, 0.3) is 0 Å². The molecule has 0 amide bonds. The van der Waals surface area contributed by atoms with Crippen LogP contribution < -0.4 is 0 Å². The van der Waals surface area contributed by atoms with Gasteiger partial charge in [0.25, 0.3) is 0 Å². The predicted molar refractivity (Wildman–Crippen MR) is 39.8 cm³/mol. The average molecular weight is 141 g/mol. The van der Waals surface area contributed by atoms with Gasteiger partial charge in [-0.25, -0.2) is 0 Å². The zero-order valence-corrected chi connectivity index (χ0v) is 6.51. The van der Waals surface area contributed by atoms with Gasteiger partial charge < -0.3 is 10.0 Å². The summed E-state index contributed by atoms with van der Waals surface area (Å²) in [6.07, 6.45) is 2.40. The fourth-order valence-corrected chi connectivity index (χ4v) is 2.29. The van der Waals surface area contributed by atoms with E-state index in [1.54, 1.807) is 0 Å². The molecule has 0 radical (unpaired) electrons. The van der Waals surface area contributed by atoms with E-state index in [4.69, 9.17) is 0 Å². The van der Waals surface area contributed by atoms with Crippen LogP contribution in [-0.2, 0) is 0 Å². The van der Waals surface area contributed by atoms with Crippen LogP contribution in [0.1, 0.15) is 19.8 Å². The molecule has 3 aliphatic heterocycles. The molecule has 0 aromatic rings. The number of rotatable bonds is 0. The zero-order chi connectivity index (χ0) is 7.19. The van der Waals surface area contributed by atoms with E-state index in [1.165, 1.54) is 25.9 Å². The predicted octanol–water partition coefficient (Wildman–Crippen LogP) is 0.463. The van der Waals surface area contributed by atoms with Crippen molar-refractivity contribution in [1.82, 2.24) is 4.90 Å². The van der Waals surface area contributed by atoms with Crippen LogP contribution in [0.3, 0.4) is 0 Å². The number of hydrogen-bond acceptors (Lipinski definition) is 2. The molecule has 0 aromatic carbocycles. The second-order valence-corrected chi connectivity index (χ2v) is 3.91. The van der Waals surface area contributed by atoms with Crippen LogP contribution in [0.4, 0.5) is 0 Å². The van der Waals surface area contributed by atoms with E-state index in [1.807, 2.05) is 6.92 Å². The summed E-state index contributed by atoms with van der Waals surface area (Å²) in [5.41, 5.74) is -0.378. The third kappa shape index (κ3) is 0.867. The molecule has 3 aliphatic rings. The SMILES string of the molecule is CC1(O)CN2CCC1CC2. The summed E-state index contributed by atoms with van der Waals surface area (Å²) >= 11 is 0. The molecule has 2 heteroatoms. The summed E-state index contributed by atoms with van der Waals surface area (Å²) in [5, 5.41) is 9.82. The van der Waals surface area contributed by atoms with E-state index in [-0.39, 0.29) is 5.60 Å². The highest BCUT2D eigenvalue weighted by Gasteiger charge is 2.41. The second kappa shape index (κ2) is 1.95. The molecule has 3 saturated heterocycles. The highest BCUT2D eigenvalue weighted by molar-refractivity contribution is 4.94. The standard InChI is InChI=1S/C8H15NO/c1-8(10)6-9-4-2-7(8)3-5-9/h7,10H,2-6H2,1H3. The van der Waals surface area contributed by atoms with E-state index in [0.29, 0.717) is 5.92 Å². The molecule has 0 aliphatic carbocycles. The quantitative estimate of drug-likeness (QED) is 0.530. The molecule has 10 heavy (non-hydrogen) atoms. The lowest BCUT2D eigenvalue weighted by molar-refractivity contribution is -0.0983. The maximum atomic E-state index is 9.82. The Morgan fingerprint density at radius 2 is 2.00 bits per heavy atom. The van der Waals surface area contributed by atoms with Crippen LogP contribution in [0, 0.1) is 5.92 Å². The van der Waals surface area contributed by atoms with Crippen molar-refractivity contribution in [2.75, 3.05) is 19.6 Å². The first-order chi connectivity index (χ1) is 4.68. The maximum absolute atomic E-state index is 9.82.